The fraction of sp³-hybridized carbons (Fsp3) is 0.611. The minimum atomic E-state index is 0. The third kappa shape index (κ3) is 9.13. The van der Waals surface area contributed by atoms with Gasteiger partial charge in [0.1, 0.15) is 0 Å². The molecule has 0 unspecified atom stereocenters. The van der Waals surface area contributed by atoms with Crippen LogP contribution in [0, 0.1) is 0 Å². The number of guanidine groups is 1. The molecule has 0 aliphatic rings. The molecule has 0 aromatic heterocycles. The van der Waals surface area contributed by atoms with Crippen LogP contribution in [0.2, 0.25) is 0 Å². The third-order valence-corrected chi connectivity index (χ3v) is 4.37. The average Bonchev–Trinajstić information content (AvgIpc) is 2.58. The Morgan fingerprint density at radius 2 is 1.75 bits per heavy atom. The highest BCUT2D eigenvalue weighted by molar-refractivity contribution is 14.0. The van der Waals surface area contributed by atoms with E-state index in [0.717, 1.165) is 44.4 Å². The van der Waals surface area contributed by atoms with Crippen molar-refractivity contribution in [3.8, 4) is 0 Å². The van der Waals surface area contributed by atoms with E-state index in [-0.39, 0.29) is 24.0 Å². The number of halogens is 1. The smallest absolute Gasteiger partial charge is 0.191 e. The summed E-state index contributed by atoms with van der Waals surface area (Å²) in [6.45, 7) is 12.2. The molecule has 0 radical (unpaired) electrons. The van der Waals surface area contributed by atoms with E-state index in [1.165, 1.54) is 11.1 Å². The Morgan fingerprint density at radius 3 is 2.33 bits per heavy atom. The molecule has 1 aromatic carbocycles. The molecular weight excluding hydrogens is 431 g/mol. The lowest BCUT2D eigenvalue weighted by atomic mass is 10.1. The van der Waals surface area contributed by atoms with Crippen LogP contribution >= 0.6 is 35.7 Å². The van der Waals surface area contributed by atoms with Gasteiger partial charge in [-0.05, 0) is 37.4 Å². The van der Waals surface area contributed by atoms with Crippen LogP contribution in [0.1, 0.15) is 31.9 Å². The first kappa shape index (κ1) is 23.5. The summed E-state index contributed by atoms with van der Waals surface area (Å²) >= 11 is 1.84. The number of hydrogen-bond acceptors (Lipinski definition) is 3. The fourth-order valence-corrected chi connectivity index (χ4v) is 2.64. The largest absolute Gasteiger partial charge is 0.357 e. The van der Waals surface area contributed by atoms with Crippen molar-refractivity contribution < 1.29 is 0 Å². The molecule has 4 nitrogen and oxygen atoms in total. The van der Waals surface area contributed by atoms with Gasteiger partial charge in [0.05, 0.1) is 6.54 Å². The Balaban J connectivity index is 0.00000529. The Hall–Kier alpha value is -0.470. The number of nitrogens with one attached hydrogen (secondary N) is 2. The van der Waals surface area contributed by atoms with Crippen molar-refractivity contribution in [2.24, 2.45) is 4.99 Å². The molecule has 1 rings (SSSR count). The van der Waals surface area contributed by atoms with Crippen LogP contribution in [0.4, 0.5) is 0 Å². The summed E-state index contributed by atoms with van der Waals surface area (Å²) in [6.07, 6.45) is 2.12. The van der Waals surface area contributed by atoms with Crippen LogP contribution in [-0.2, 0) is 13.1 Å². The standard InChI is InChI=1S/C18H32N4S.HI/c1-5-19-18(20-12-13-23-4)21-14-16-10-8-9-11-17(16)15-22(6-2)7-3;/h8-11H,5-7,12-15H2,1-4H3,(H2,19,20,21);1H. The van der Waals surface area contributed by atoms with Gasteiger partial charge in [0.2, 0.25) is 0 Å². The van der Waals surface area contributed by atoms with Gasteiger partial charge in [-0.25, -0.2) is 4.99 Å². The summed E-state index contributed by atoms with van der Waals surface area (Å²) in [5.41, 5.74) is 2.68. The van der Waals surface area contributed by atoms with Crippen molar-refractivity contribution in [2.45, 2.75) is 33.9 Å². The maximum absolute atomic E-state index is 4.74. The molecule has 0 saturated carbocycles. The van der Waals surface area contributed by atoms with E-state index in [0.29, 0.717) is 6.54 Å². The van der Waals surface area contributed by atoms with Gasteiger partial charge < -0.3 is 10.6 Å². The SMILES string of the molecule is CCNC(=NCc1ccccc1CN(CC)CC)NCCSC.I. The third-order valence-electron chi connectivity index (χ3n) is 3.76. The van der Waals surface area contributed by atoms with E-state index in [1.54, 1.807) is 0 Å². The normalized spacial score (nSPS) is 11.3. The zero-order valence-electron chi connectivity index (χ0n) is 15.5. The first-order valence-corrected chi connectivity index (χ1v) is 9.94. The maximum atomic E-state index is 4.74. The molecule has 2 N–H and O–H groups in total. The van der Waals surface area contributed by atoms with Crippen molar-refractivity contribution >= 4 is 41.7 Å². The van der Waals surface area contributed by atoms with Crippen molar-refractivity contribution in [3.63, 3.8) is 0 Å². The molecule has 0 spiro atoms. The second kappa shape index (κ2) is 14.8. The highest BCUT2D eigenvalue weighted by Crippen LogP contribution is 2.13. The molecule has 6 heteroatoms. The molecule has 0 fully saturated rings. The summed E-state index contributed by atoms with van der Waals surface area (Å²) in [5.74, 6) is 1.99. The predicted octanol–water partition coefficient (Wildman–Crippen LogP) is 3.56. The molecule has 0 aliphatic heterocycles. The van der Waals surface area contributed by atoms with Crippen LogP contribution in [0.15, 0.2) is 29.3 Å². The van der Waals surface area contributed by atoms with Crippen LogP contribution in [-0.4, -0.2) is 49.0 Å². The van der Waals surface area contributed by atoms with Gasteiger partial charge in [-0.15, -0.1) is 24.0 Å². The minimum absolute atomic E-state index is 0. The van der Waals surface area contributed by atoms with E-state index in [2.05, 4.69) is 66.8 Å². The zero-order valence-corrected chi connectivity index (χ0v) is 18.6. The van der Waals surface area contributed by atoms with Crippen LogP contribution < -0.4 is 10.6 Å². The van der Waals surface area contributed by atoms with E-state index in [4.69, 9.17) is 4.99 Å². The molecule has 0 saturated heterocycles. The van der Waals surface area contributed by atoms with Gasteiger partial charge >= 0.3 is 0 Å². The number of thioether (sulfide) groups is 1. The van der Waals surface area contributed by atoms with Crippen LogP contribution in [0.25, 0.3) is 0 Å². The Kier molecular flexibility index (Phi) is 14.5. The summed E-state index contributed by atoms with van der Waals surface area (Å²) in [7, 11) is 0. The lowest BCUT2D eigenvalue weighted by Gasteiger charge is -2.20. The van der Waals surface area contributed by atoms with E-state index < -0.39 is 0 Å². The van der Waals surface area contributed by atoms with Gasteiger partial charge in [-0.3, -0.25) is 4.90 Å². The molecule has 1 aromatic rings. The number of rotatable bonds is 10. The summed E-state index contributed by atoms with van der Waals surface area (Å²) in [6, 6.07) is 8.63. The van der Waals surface area contributed by atoms with Gasteiger partial charge in [-0.1, -0.05) is 38.1 Å². The van der Waals surface area contributed by atoms with Crippen molar-refractivity contribution in [3.05, 3.63) is 35.4 Å². The van der Waals surface area contributed by atoms with Crippen molar-refractivity contribution in [1.29, 1.82) is 0 Å². The lowest BCUT2D eigenvalue weighted by molar-refractivity contribution is 0.295. The Bertz CT molecular complexity index is 464. The fourth-order valence-electron chi connectivity index (χ4n) is 2.33. The Labute approximate surface area is 169 Å². The Morgan fingerprint density at radius 1 is 1.08 bits per heavy atom. The minimum Gasteiger partial charge on any atom is -0.357 e. The summed E-state index contributed by atoms with van der Waals surface area (Å²) in [5, 5.41) is 6.70. The van der Waals surface area contributed by atoms with Crippen molar-refractivity contribution in [2.75, 3.05) is 38.2 Å². The van der Waals surface area contributed by atoms with E-state index >= 15 is 0 Å². The number of hydrogen-bond donors (Lipinski definition) is 2. The van der Waals surface area contributed by atoms with Gasteiger partial charge in [0.15, 0.2) is 5.96 Å². The molecule has 0 bridgehead atoms. The molecule has 138 valence electrons. The topological polar surface area (TPSA) is 39.7 Å². The average molecular weight is 464 g/mol. The number of aliphatic imine (C=N–C) groups is 1. The van der Waals surface area contributed by atoms with E-state index in [9.17, 15) is 0 Å². The lowest BCUT2D eigenvalue weighted by Crippen LogP contribution is -2.38. The first-order chi connectivity index (χ1) is 11.2. The van der Waals surface area contributed by atoms with Crippen molar-refractivity contribution in [1.82, 2.24) is 15.5 Å². The summed E-state index contributed by atoms with van der Waals surface area (Å²) < 4.78 is 0. The molecule has 24 heavy (non-hydrogen) atoms. The second-order valence-corrected chi connectivity index (χ2v) is 6.33. The molecule has 0 atom stereocenters. The summed E-state index contributed by atoms with van der Waals surface area (Å²) in [4.78, 5) is 7.18. The maximum Gasteiger partial charge on any atom is 0.191 e. The van der Waals surface area contributed by atoms with Gasteiger partial charge in [-0.2, -0.15) is 11.8 Å². The molecule has 0 amide bonds. The highest BCUT2D eigenvalue weighted by atomic mass is 127. The number of nitrogens with zero attached hydrogens (tertiary/aromatic N) is 2. The number of benzene rings is 1. The first-order valence-electron chi connectivity index (χ1n) is 8.55. The van der Waals surface area contributed by atoms with E-state index in [1.807, 2.05) is 11.8 Å². The van der Waals surface area contributed by atoms with Gasteiger partial charge in [0, 0.05) is 25.4 Å². The van der Waals surface area contributed by atoms with Crippen LogP contribution in [0.3, 0.4) is 0 Å². The highest BCUT2D eigenvalue weighted by Gasteiger charge is 2.06. The van der Waals surface area contributed by atoms with Gasteiger partial charge in [0.25, 0.3) is 0 Å². The molecule has 0 aliphatic carbocycles. The zero-order chi connectivity index (χ0) is 16.9. The van der Waals surface area contributed by atoms with Crippen LogP contribution in [0.5, 0.6) is 0 Å². The second-order valence-electron chi connectivity index (χ2n) is 5.34. The monoisotopic (exact) mass is 464 g/mol. The molecule has 0 heterocycles. The quantitative estimate of drug-likeness (QED) is 0.241. The molecular formula is C18H33IN4S. The predicted molar refractivity (Wildman–Crippen MR) is 120 cm³/mol.